The van der Waals surface area contributed by atoms with Crippen LogP contribution in [0.5, 0.6) is 0 Å². The molecule has 1 fully saturated rings. The molecule has 1 aliphatic rings. The van der Waals surface area contributed by atoms with Crippen LogP contribution in [-0.4, -0.2) is 60.3 Å². The number of carbonyl (C=O) groups excluding carboxylic acids is 2. The molecule has 126 valence electrons. The maximum absolute atomic E-state index is 12.6. The van der Waals surface area contributed by atoms with Crippen LogP contribution < -0.4 is 0 Å². The van der Waals surface area contributed by atoms with Gasteiger partial charge in [-0.05, 0) is 30.7 Å². The molecule has 23 heavy (non-hydrogen) atoms. The van der Waals surface area contributed by atoms with E-state index >= 15 is 0 Å². The zero-order valence-corrected chi connectivity index (χ0v) is 14.8. The second-order valence-electron chi connectivity index (χ2n) is 5.79. The van der Waals surface area contributed by atoms with E-state index in [1.54, 1.807) is 16.7 Å². The molecule has 0 unspecified atom stereocenters. The Morgan fingerprint density at radius 1 is 1.04 bits per heavy atom. The summed E-state index contributed by atoms with van der Waals surface area (Å²) < 4.78 is 4.75. The van der Waals surface area contributed by atoms with E-state index in [2.05, 4.69) is 13.8 Å². The van der Waals surface area contributed by atoms with Gasteiger partial charge in [-0.3, -0.25) is 4.79 Å². The van der Waals surface area contributed by atoms with Crippen LogP contribution in [0.2, 0.25) is 0 Å². The van der Waals surface area contributed by atoms with Crippen LogP contribution in [0, 0.1) is 0 Å². The van der Waals surface area contributed by atoms with Gasteiger partial charge in [-0.1, -0.05) is 13.8 Å². The van der Waals surface area contributed by atoms with Gasteiger partial charge in [0.1, 0.15) is 0 Å². The van der Waals surface area contributed by atoms with Crippen molar-refractivity contribution in [3.8, 4) is 0 Å². The highest BCUT2D eigenvalue weighted by atomic mass is 32.2. The van der Waals surface area contributed by atoms with Crippen LogP contribution in [0.4, 0.5) is 4.79 Å². The Hall–Kier alpha value is -1.69. The smallest absolute Gasteiger partial charge is 0.409 e. The highest BCUT2D eigenvalue weighted by molar-refractivity contribution is 7.99. The van der Waals surface area contributed by atoms with Crippen molar-refractivity contribution in [1.82, 2.24) is 9.80 Å². The molecule has 1 aromatic carbocycles. The van der Waals surface area contributed by atoms with Crippen molar-refractivity contribution in [2.24, 2.45) is 0 Å². The van der Waals surface area contributed by atoms with E-state index < -0.39 is 0 Å². The summed E-state index contributed by atoms with van der Waals surface area (Å²) in [6, 6.07) is 7.76. The van der Waals surface area contributed by atoms with E-state index in [1.807, 2.05) is 29.2 Å². The highest BCUT2D eigenvalue weighted by Gasteiger charge is 2.23. The number of hydrogen-bond donors (Lipinski definition) is 0. The fourth-order valence-electron chi connectivity index (χ4n) is 2.56. The highest BCUT2D eigenvalue weighted by Crippen LogP contribution is 2.23. The number of hydrogen-bond acceptors (Lipinski definition) is 4. The summed E-state index contributed by atoms with van der Waals surface area (Å²) >= 11 is 1.78. The minimum Gasteiger partial charge on any atom is -0.453 e. The topological polar surface area (TPSA) is 49.9 Å². The van der Waals surface area contributed by atoms with Crippen molar-refractivity contribution in [3.05, 3.63) is 29.8 Å². The first kappa shape index (κ1) is 17.7. The lowest BCUT2D eigenvalue weighted by atomic mass is 10.2. The molecule has 0 atom stereocenters. The number of thioether (sulfide) groups is 1. The number of rotatable bonds is 3. The first-order valence-electron chi connectivity index (χ1n) is 7.90. The Labute approximate surface area is 142 Å². The molecule has 0 aromatic heterocycles. The first-order chi connectivity index (χ1) is 11.0. The molecule has 2 rings (SSSR count). The van der Waals surface area contributed by atoms with Gasteiger partial charge in [0, 0.05) is 41.9 Å². The fourth-order valence-corrected chi connectivity index (χ4v) is 3.40. The lowest BCUT2D eigenvalue weighted by molar-refractivity contribution is 0.0757. The number of ether oxygens (including phenoxy) is 1. The van der Waals surface area contributed by atoms with Crippen molar-refractivity contribution in [1.29, 1.82) is 0 Å². The van der Waals surface area contributed by atoms with E-state index in [9.17, 15) is 9.59 Å². The van der Waals surface area contributed by atoms with Crippen molar-refractivity contribution >= 4 is 23.8 Å². The average molecular weight is 336 g/mol. The van der Waals surface area contributed by atoms with E-state index in [1.165, 1.54) is 12.0 Å². The summed E-state index contributed by atoms with van der Waals surface area (Å²) in [5.74, 6) is 0.0258. The summed E-state index contributed by atoms with van der Waals surface area (Å²) in [6.45, 7) is 6.63. The van der Waals surface area contributed by atoms with Gasteiger partial charge in [0.25, 0.3) is 5.91 Å². The van der Waals surface area contributed by atoms with Crippen LogP contribution in [0.15, 0.2) is 29.2 Å². The van der Waals surface area contributed by atoms with Gasteiger partial charge in [0.05, 0.1) is 7.11 Å². The molecular formula is C17H24N2O3S. The molecule has 2 amide bonds. The molecule has 0 saturated carbocycles. The lowest BCUT2D eigenvalue weighted by Gasteiger charge is -2.21. The molecule has 0 radical (unpaired) electrons. The van der Waals surface area contributed by atoms with E-state index in [0.29, 0.717) is 37.0 Å². The molecule has 0 bridgehead atoms. The molecule has 0 aliphatic carbocycles. The zero-order valence-electron chi connectivity index (χ0n) is 13.9. The summed E-state index contributed by atoms with van der Waals surface area (Å²) in [7, 11) is 1.38. The zero-order chi connectivity index (χ0) is 16.8. The van der Waals surface area contributed by atoms with Crippen LogP contribution in [0.25, 0.3) is 0 Å². The predicted octanol–water partition coefficient (Wildman–Crippen LogP) is 3.10. The largest absolute Gasteiger partial charge is 0.453 e. The summed E-state index contributed by atoms with van der Waals surface area (Å²) in [4.78, 5) is 28.8. The van der Waals surface area contributed by atoms with Crippen LogP contribution in [0.3, 0.4) is 0 Å². The molecule has 6 heteroatoms. The molecule has 1 saturated heterocycles. The van der Waals surface area contributed by atoms with Crippen molar-refractivity contribution in [2.45, 2.75) is 30.4 Å². The maximum Gasteiger partial charge on any atom is 0.409 e. The molecule has 0 N–H and O–H groups in total. The molecule has 5 nitrogen and oxygen atoms in total. The second kappa shape index (κ2) is 8.24. The van der Waals surface area contributed by atoms with Gasteiger partial charge in [-0.25, -0.2) is 4.79 Å². The number of methoxy groups -OCH3 is 1. The number of nitrogens with zero attached hydrogens (tertiary/aromatic N) is 2. The third-order valence-corrected chi connectivity index (χ3v) is 4.70. The third-order valence-electron chi connectivity index (χ3n) is 3.69. The maximum atomic E-state index is 12.6. The summed E-state index contributed by atoms with van der Waals surface area (Å²) in [6.07, 6.45) is 0.441. The van der Waals surface area contributed by atoms with Gasteiger partial charge in [0.2, 0.25) is 0 Å². The minimum atomic E-state index is -0.325. The first-order valence-corrected chi connectivity index (χ1v) is 8.78. The van der Waals surface area contributed by atoms with Gasteiger partial charge < -0.3 is 14.5 Å². The molecule has 1 aromatic rings. The second-order valence-corrected chi connectivity index (χ2v) is 7.44. The Morgan fingerprint density at radius 2 is 1.65 bits per heavy atom. The van der Waals surface area contributed by atoms with Crippen molar-refractivity contribution < 1.29 is 14.3 Å². The van der Waals surface area contributed by atoms with Gasteiger partial charge in [-0.2, -0.15) is 0 Å². The standard InChI is InChI=1S/C17H24N2O3S/c1-13(2)23-15-7-5-14(6-8-15)16(20)18-9-4-10-19(12-11-18)17(21)22-3/h5-8,13H,4,9-12H2,1-3H3. The van der Waals surface area contributed by atoms with Crippen molar-refractivity contribution in [2.75, 3.05) is 33.3 Å². The van der Waals surface area contributed by atoms with E-state index in [-0.39, 0.29) is 12.0 Å². The van der Waals surface area contributed by atoms with Crippen LogP contribution in [0.1, 0.15) is 30.6 Å². The molecule has 1 aliphatic heterocycles. The minimum absolute atomic E-state index is 0.0258. The molecular weight excluding hydrogens is 312 g/mol. The monoisotopic (exact) mass is 336 g/mol. The number of carbonyl (C=O) groups is 2. The Morgan fingerprint density at radius 3 is 2.26 bits per heavy atom. The third kappa shape index (κ3) is 4.89. The van der Waals surface area contributed by atoms with Crippen LogP contribution >= 0.6 is 11.8 Å². The Balaban J connectivity index is 1.98. The number of benzene rings is 1. The summed E-state index contributed by atoms with van der Waals surface area (Å²) in [5.41, 5.74) is 0.699. The lowest BCUT2D eigenvalue weighted by Crippen LogP contribution is -2.37. The van der Waals surface area contributed by atoms with Gasteiger partial charge in [0.15, 0.2) is 0 Å². The van der Waals surface area contributed by atoms with Gasteiger partial charge >= 0.3 is 6.09 Å². The number of amides is 2. The SMILES string of the molecule is COC(=O)N1CCCN(C(=O)c2ccc(SC(C)C)cc2)CC1. The quantitative estimate of drug-likeness (QED) is 0.796. The average Bonchev–Trinajstić information content (AvgIpc) is 2.79. The van der Waals surface area contributed by atoms with E-state index in [0.717, 1.165) is 6.42 Å². The molecule has 1 heterocycles. The van der Waals surface area contributed by atoms with Crippen LogP contribution in [-0.2, 0) is 4.74 Å². The van der Waals surface area contributed by atoms with Gasteiger partial charge in [-0.15, -0.1) is 11.8 Å². The Kier molecular flexibility index (Phi) is 6.33. The molecule has 0 spiro atoms. The fraction of sp³-hybridized carbons (Fsp3) is 0.529. The predicted molar refractivity (Wildman–Crippen MR) is 91.9 cm³/mol. The van der Waals surface area contributed by atoms with Crippen molar-refractivity contribution in [3.63, 3.8) is 0 Å². The van der Waals surface area contributed by atoms with E-state index in [4.69, 9.17) is 4.74 Å². The summed E-state index contributed by atoms with van der Waals surface area (Å²) in [5, 5.41) is 0.520. The normalized spacial score (nSPS) is 15.5. The Bertz CT molecular complexity index is 545.